The number of hydrogen-bond donors (Lipinski definition) is 2. The van der Waals surface area contributed by atoms with Crippen molar-refractivity contribution in [3.05, 3.63) is 0 Å². The fourth-order valence-corrected chi connectivity index (χ4v) is 0. The first-order valence-corrected chi connectivity index (χ1v) is 0.622. The van der Waals surface area contributed by atoms with Crippen LogP contribution in [0.25, 0.3) is 0 Å². The van der Waals surface area contributed by atoms with Gasteiger partial charge in [0.15, 0.2) is 0 Å². The summed E-state index contributed by atoms with van der Waals surface area (Å²) in [6, 6.07) is 0. The second kappa shape index (κ2) is 12.2. The summed E-state index contributed by atoms with van der Waals surface area (Å²) in [7, 11) is 0. The van der Waals surface area contributed by atoms with Crippen LogP contribution in [0.15, 0.2) is 0 Å². The molecule has 0 aromatic carbocycles. The Bertz CT molecular complexity index is 13.5. The summed E-state index contributed by atoms with van der Waals surface area (Å²) >= 11 is 0. The molecule has 0 saturated carbocycles. The molecule has 0 unspecified atom stereocenters. The molecule has 0 rings (SSSR count). The van der Waals surface area contributed by atoms with Gasteiger partial charge in [0.2, 0.25) is 0 Å². The van der Waals surface area contributed by atoms with Crippen LogP contribution < -0.4 is 5.73 Å². The maximum absolute atomic E-state index is 5.86. The van der Waals surface area contributed by atoms with E-state index in [9.17, 15) is 0 Å². The van der Waals surface area contributed by atoms with Crippen molar-refractivity contribution in [1.82, 2.24) is 0 Å². The molecule has 0 bridgehead atoms. The smallest absolute Gasteiger partial charge is 0.0765 e. The molecule has 0 aliphatic carbocycles. The SMILES string of the molecule is N=CN.[Co]. The van der Waals surface area contributed by atoms with Crippen molar-refractivity contribution in [2.75, 3.05) is 0 Å². The van der Waals surface area contributed by atoms with Gasteiger partial charge in [-0.15, -0.1) is 0 Å². The standard InChI is InChI=1S/CH4N2.Co/c2-1-3;/h1H,(H3,2,3);. The average Bonchev–Trinajstić information content (AvgIpc) is 0.918. The summed E-state index contributed by atoms with van der Waals surface area (Å²) < 4.78 is 0. The monoisotopic (exact) mass is 103 g/mol. The minimum Gasteiger partial charge on any atom is -0.390 e. The maximum Gasteiger partial charge on any atom is 0.0765 e. The number of nitrogens with two attached hydrogens (primary N) is 1. The summed E-state index contributed by atoms with van der Waals surface area (Å²) in [5, 5.41) is 5.86. The molecule has 0 spiro atoms. The van der Waals surface area contributed by atoms with Crippen molar-refractivity contribution in [3.8, 4) is 0 Å². The van der Waals surface area contributed by atoms with Crippen LogP contribution in [-0.2, 0) is 16.8 Å². The number of nitrogens with one attached hydrogen (secondary N) is 1. The van der Waals surface area contributed by atoms with Gasteiger partial charge in [-0.1, -0.05) is 0 Å². The summed E-state index contributed by atoms with van der Waals surface area (Å²) in [6.07, 6.45) is 0.750. The van der Waals surface area contributed by atoms with Gasteiger partial charge >= 0.3 is 0 Å². The third kappa shape index (κ3) is 3410. The third-order valence-corrected chi connectivity index (χ3v) is 0. The van der Waals surface area contributed by atoms with Gasteiger partial charge in [-0.05, 0) is 0 Å². The topological polar surface area (TPSA) is 49.9 Å². The fraction of sp³-hybridized carbons (Fsp3) is 0. The Morgan fingerprint density at radius 3 is 1.75 bits per heavy atom. The molecule has 0 heterocycles. The van der Waals surface area contributed by atoms with Crippen LogP contribution in [0.1, 0.15) is 0 Å². The molecule has 0 aromatic rings. The molecular weight excluding hydrogens is 99.0 g/mol. The summed E-state index contributed by atoms with van der Waals surface area (Å²) in [5.74, 6) is 0. The van der Waals surface area contributed by atoms with Gasteiger partial charge in [-0.25, -0.2) is 0 Å². The van der Waals surface area contributed by atoms with Crippen LogP contribution in [0.2, 0.25) is 0 Å². The van der Waals surface area contributed by atoms with Crippen LogP contribution in [-0.4, -0.2) is 6.34 Å². The van der Waals surface area contributed by atoms with Crippen LogP contribution >= 0.6 is 0 Å². The zero-order valence-electron chi connectivity index (χ0n) is 1.99. The molecule has 0 aromatic heterocycles. The Morgan fingerprint density at radius 2 is 1.75 bits per heavy atom. The van der Waals surface area contributed by atoms with Crippen LogP contribution in [0.4, 0.5) is 0 Å². The molecule has 0 saturated heterocycles. The van der Waals surface area contributed by atoms with Crippen LogP contribution in [0, 0.1) is 5.41 Å². The summed E-state index contributed by atoms with van der Waals surface area (Å²) in [5.41, 5.74) is 4.39. The van der Waals surface area contributed by atoms with E-state index in [1.165, 1.54) is 0 Å². The molecular formula is CH4CoN2. The largest absolute Gasteiger partial charge is 0.390 e. The Balaban J connectivity index is 0. The van der Waals surface area contributed by atoms with E-state index in [-0.39, 0.29) is 16.8 Å². The molecule has 2 nitrogen and oxygen atoms in total. The van der Waals surface area contributed by atoms with E-state index >= 15 is 0 Å². The third-order valence-electron chi connectivity index (χ3n) is 0. The Morgan fingerprint density at radius 1 is 1.75 bits per heavy atom. The second-order valence-corrected chi connectivity index (χ2v) is 0.167. The van der Waals surface area contributed by atoms with Crippen molar-refractivity contribution in [2.45, 2.75) is 0 Å². The first-order chi connectivity index (χ1) is 1.41. The van der Waals surface area contributed by atoms with Crippen molar-refractivity contribution >= 4 is 6.34 Å². The minimum absolute atomic E-state index is 0. The zero-order valence-corrected chi connectivity index (χ0v) is 3.03. The maximum atomic E-state index is 5.86. The van der Waals surface area contributed by atoms with E-state index in [0.29, 0.717) is 0 Å². The average molecular weight is 103 g/mol. The van der Waals surface area contributed by atoms with Gasteiger partial charge in [-0.3, -0.25) is 5.41 Å². The Hall–Kier alpha value is -0.0235. The molecule has 0 amide bonds. The summed E-state index contributed by atoms with van der Waals surface area (Å²) in [4.78, 5) is 0. The van der Waals surface area contributed by atoms with Gasteiger partial charge in [-0.2, -0.15) is 0 Å². The molecule has 0 fully saturated rings. The van der Waals surface area contributed by atoms with E-state index in [2.05, 4.69) is 5.73 Å². The quantitative estimate of drug-likeness (QED) is 0.316. The van der Waals surface area contributed by atoms with E-state index < -0.39 is 0 Å². The predicted molar refractivity (Wildman–Crippen MR) is 13.0 cm³/mol. The molecule has 0 atom stereocenters. The van der Waals surface area contributed by atoms with Gasteiger partial charge in [0.25, 0.3) is 0 Å². The van der Waals surface area contributed by atoms with Gasteiger partial charge < -0.3 is 5.73 Å². The molecule has 0 aliphatic heterocycles. The normalized spacial score (nSPS) is 3.00. The van der Waals surface area contributed by atoms with E-state index in [4.69, 9.17) is 5.41 Å². The first-order valence-electron chi connectivity index (χ1n) is 0.622. The van der Waals surface area contributed by atoms with E-state index in [0.717, 1.165) is 6.34 Å². The first kappa shape index (κ1) is 9.02. The van der Waals surface area contributed by atoms with Crippen LogP contribution in [0.5, 0.6) is 0 Å². The Labute approximate surface area is 35.1 Å². The molecule has 3 N–H and O–H groups in total. The molecule has 3 heteroatoms. The van der Waals surface area contributed by atoms with Gasteiger partial charge in [0, 0.05) is 16.8 Å². The van der Waals surface area contributed by atoms with Crippen molar-refractivity contribution in [1.29, 1.82) is 5.41 Å². The van der Waals surface area contributed by atoms with Crippen molar-refractivity contribution in [3.63, 3.8) is 0 Å². The fourth-order valence-electron chi connectivity index (χ4n) is 0. The van der Waals surface area contributed by atoms with Crippen LogP contribution in [0.3, 0.4) is 0 Å². The van der Waals surface area contributed by atoms with E-state index in [1.54, 1.807) is 0 Å². The van der Waals surface area contributed by atoms with Crippen molar-refractivity contribution in [2.24, 2.45) is 5.73 Å². The predicted octanol–water partition coefficient (Wildman–Crippen LogP) is -0.450. The van der Waals surface area contributed by atoms with Gasteiger partial charge in [0.05, 0.1) is 6.34 Å². The van der Waals surface area contributed by atoms with Crippen molar-refractivity contribution < 1.29 is 16.8 Å². The summed E-state index contributed by atoms with van der Waals surface area (Å²) in [6.45, 7) is 0. The van der Waals surface area contributed by atoms with E-state index in [1.807, 2.05) is 0 Å². The Kier molecular flexibility index (Phi) is 27.5. The van der Waals surface area contributed by atoms with Gasteiger partial charge in [0.1, 0.15) is 0 Å². The second-order valence-electron chi connectivity index (χ2n) is 0.167. The zero-order chi connectivity index (χ0) is 2.71. The number of rotatable bonds is 0. The molecule has 4 heavy (non-hydrogen) atoms. The number of hydrogen-bond acceptors (Lipinski definition) is 1. The molecule has 0 aliphatic rings. The molecule has 27 valence electrons. The molecule has 1 radical (unpaired) electrons. The minimum atomic E-state index is 0.